The third-order valence-corrected chi connectivity index (χ3v) is 4.65. The minimum Gasteiger partial charge on any atom is -0.480 e. The molecule has 2 amide bonds. The summed E-state index contributed by atoms with van der Waals surface area (Å²) < 4.78 is 0. The molecule has 1 fully saturated rings. The Bertz CT molecular complexity index is 721. The fraction of sp³-hybridized carbons (Fsp3) is 0.278. The molecule has 1 aliphatic rings. The first kappa shape index (κ1) is 18.8. The van der Waals surface area contributed by atoms with Gasteiger partial charge in [-0.25, -0.2) is 0 Å². The summed E-state index contributed by atoms with van der Waals surface area (Å²) in [5.74, 6) is -1.79. The number of anilines is 1. The molecule has 1 heterocycles. The SMILES string of the molecule is CCN(CC)c1ccc(C=CC=C2SC(=O)N(CC(=O)O)C2=O)cc1. The lowest BCUT2D eigenvalue weighted by Crippen LogP contribution is -2.33. The van der Waals surface area contributed by atoms with Gasteiger partial charge in [-0.3, -0.25) is 19.3 Å². The summed E-state index contributed by atoms with van der Waals surface area (Å²) >= 11 is 0.749. The molecule has 25 heavy (non-hydrogen) atoms. The Kier molecular flexibility index (Phi) is 6.41. The van der Waals surface area contributed by atoms with Crippen LogP contribution in [-0.4, -0.2) is 46.8 Å². The van der Waals surface area contributed by atoms with E-state index in [1.54, 1.807) is 6.08 Å². The molecule has 1 saturated heterocycles. The van der Waals surface area contributed by atoms with Gasteiger partial charge in [0, 0.05) is 18.8 Å². The topological polar surface area (TPSA) is 77.9 Å². The van der Waals surface area contributed by atoms with E-state index in [1.165, 1.54) is 6.08 Å². The van der Waals surface area contributed by atoms with Crippen LogP contribution in [0, 0.1) is 0 Å². The molecule has 0 atom stereocenters. The van der Waals surface area contributed by atoms with E-state index in [9.17, 15) is 14.4 Å². The van der Waals surface area contributed by atoms with E-state index < -0.39 is 23.7 Å². The maximum atomic E-state index is 12.0. The molecule has 0 aromatic heterocycles. The van der Waals surface area contributed by atoms with Crippen LogP contribution in [0.25, 0.3) is 6.08 Å². The van der Waals surface area contributed by atoms with Gasteiger partial charge < -0.3 is 10.0 Å². The number of carbonyl (C=O) groups excluding carboxylic acids is 2. The maximum absolute atomic E-state index is 12.0. The first-order valence-electron chi connectivity index (χ1n) is 7.95. The Morgan fingerprint density at radius 1 is 1.20 bits per heavy atom. The maximum Gasteiger partial charge on any atom is 0.323 e. The highest BCUT2D eigenvalue weighted by atomic mass is 32.2. The smallest absolute Gasteiger partial charge is 0.323 e. The van der Waals surface area contributed by atoms with Crippen molar-refractivity contribution in [3.63, 3.8) is 0 Å². The van der Waals surface area contributed by atoms with Crippen LogP contribution >= 0.6 is 11.8 Å². The van der Waals surface area contributed by atoms with Gasteiger partial charge in [-0.05, 0) is 49.4 Å². The number of carboxylic acid groups (broad SMARTS) is 1. The fourth-order valence-electron chi connectivity index (χ4n) is 2.42. The number of nitrogens with zero attached hydrogens (tertiary/aromatic N) is 2. The van der Waals surface area contributed by atoms with Crippen LogP contribution in [0.3, 0.4) is 0 Å². The number of allylic oxidation sites excluding steroid dienone is 2. The number of rotatable bonds is 7. The van der Waals surface area contributed by atoms with Crippen molar-refractivity contribution in [3.8, 4) is 0 Å². The molecule has 0 aliphatic carbocycles. The van der Waals surface area contributed by atoms with E-state index in [0.717, 1.165) is 41.0 Å². The summed E-state index contributed by atoms with van der Waals surface area (Å²) in [4.78, 5) is 37.5. The number of hydrogen-bond acceptors (Lipinski definition) is 5. The van der Waals surface area contributed by atoms with Crippen molar-refractivity contribution < 1.29 is 19.5 Å². The van der Waals surface area contributed by atoms with E-state index in [2.05, 4.69) is 18.7 Å². The molecule has 2 rings (SSSR count). The molecule has 0 saturated carbocycles. The van der Waals surface area contributed by atoms with Gasteiger partial charge in [0.1, 0.15) is 6.54 Å². The van der Waals surface area contributed by atoms with E-state index in [-0.39, 0.29) is 4.91 Å². The van der Waals surface area contributed by atoms with Gasteiger partial charge in [0.15, 0.2) is 0 Å². The summed E-state index contributed by atoms with van der Waals surface area (Å²) in [6.45, 7) is 5.48. The second-order valence-corrected chi connectivity index (χ2v) is 6.30. The quantitative estimate of drug-likeness (QED) is 0.752. The van der Waals surface area contributed by atoms with Crippen molar-refractivity contribution in [1.29, 1.82) is 0 Å². The van der Waals surface area contributed by atoms with Crippen molar-refractivity contribution in [2.75, 3.05) is 24.5 Å². The molecule has 6 nitrogen and oxygen atoms in total. The first-order chi connectivity index (χ1) is 12.0. The minimum absolute atomic E-state index is 0.224. The van der Waals surface area contributed by atoms with Crippen LogP contribution in [0.4, 0.5) is 10.5 Å². The molecule has 1 aliphatic heterocycles. The van der Waals surface area contributed by atoms with Crippen molar-refractivity contribution in [1.82, 2.24) is 4.90 Å². The second kappa shape index (κ2) is 8.53. The van der Waals surface area contributed by atoms with Crippen LogP contribution in [0.2, 0.25) is 0 Å². The Morgan fingerprint density at radius 3 is 2.40 bits per heavy atom. The predicted octanol–water partition coefficient (Wildman–Crippen LogP) is 3.21. The largest absolute Gasteiger partial charge is 0.480 e. The lowest BCUT2D eigenvalue weighted by atomic mass is 10.2. The highest BCUT2D eigenvalue weighted by Crippen LogP contribution is 2.30. The molecule has 1 aromatic carbocycles. The molecule has 0 spiro atoms. The third-order valence-electron chi connectivity index (χ3n) is 3.72. The van der Waals surface area contributed by atoms with Crippen LogP contribution in [0.15, 0.2) is 41.3 Å². The molecule has 1 aromatic rings. The van der Waals surface area contributed by atoms with Gasteiger partial charge in [0.05, 0.1) is 4.91 Å². The third kappa shape index (κ3) is 4.73. The van der Waals surface area contributed by atoms with Crippen molar-refractivity contribution >= 4 is 40.6 Å². The Balaban J connectivity index is 2.05. The number of carbonyl (C=O) groups is 3. The zero-order chi connectivity index (χ0) is 18.4. The average molecular weight is 360 g/mol. The number of benzene rings is 1. The number of amides is 2. The first-order valence-corrected chi connectivity index (χ1v) is 8.76. The van der Waals surface area contributed by atoms with Gasteiger partial charge in [0.2, 0.25) is 0 Å². The molecule has 0 bridgehead atoms. The molecular weight excluding hydrogens is 340 g/mol. The van der Waals surface area contributed by atoms with E-state index >= 15 is 0 Å². The van der Waals surface area contributed by atoms with Crippen LogP contribution in [-0.2, 0) is 9.59 Å². The highest BCUT2D eigenvalue weighted by Gasteiger charge is 2.35. The zero-order valence-corrected chi connectivity index (χ0v) is 15.0. The van der Waals surface area contributed by atoms with E-state index in [0.29, 0.717) is 0 Å². The van der Waals surface area contributed by atoms with Gasteiger partial charge in [0.25, 0.3) is 11.1 Å². The summed E-state index contributed by atoms with van der Waals surface area (Å²) in [6, 6.07) is 8.03. The average Bonchev–Trinajstić information content (AvgIpc) is 2.84. The van der Waals surface area contributed by atoms with Gasteiger partial charge in [-0.1, -0.05) is 24.3 Å². The second-order valence-electron chi connectivity index (χ2n) is 5.31. The highest BCUT2D eigenvalue weighted by molar-refractivity contribution is 8.18. The van der Waals surface area contributed by atoms with E-state index in [1.807, 2.05) is 30.3 Å². The van der Waals surface area contributed by atoms with E-state index in [4.69, 9.17) is 5.11 Å². The van der Waals surface area contributed by atoms with Crippen molar-refractivity contribution in [2.45, 2.75) is 13.8 Å². The molecule has 0 unspecified atom stereocenters. The van der Waals surface area contributed by atoms with Crippen molar-refractivity contribution in [3.05, 3.63) is 46.9 Å². The molecule has 7 heteroatoms. The Hall–Kier alpha value is -2.54. The summed E-state index contributed by atoms with van der Waals surface area (Å²) in [6.07, 6.45) is 5.05. The lowest BCUT2D eigenvalue weighted by Gasteiger charge is -2.20. The standard InChI is InChI=1S/C18H20N2O4S/c1-3-19(4-2)14-10-8-13(9-11-14)6-5-7-15-17(23)20(12-16(21)22)18(24)25-15/h5-11H,3-4,12H2,1-2H3,(H,21,22). The minimum atomic E-state index is -1.22. The van der Waals surface area contributed by atoms with Crippen LogP contribution in [0.1, 0.15) is 19.4 Å². The van der Waals surface area contributed by atoms with Gasteiger partial charge >= 0.3 is 5.97 Å². The number of carboxylic acids is 1. The fourth-order valence-corrected chi connectivity index (χ4v) is 3.21. The van der Waals surface area contributed by atoms with Crippen LogP contribution in [0.5, 0.6) is 0 Å². The molecule has 1 N–H and O–H groups in total. The Morgan fingerprint density at radius 2 is 1.84 bits per heavy atom. The zero-order valence-electron chi connectivity index (χ0n) is 14.1. The summed E-state index contributed by atoms with van der Waals surface area (Å²) in [5.41, 5.74) is 2.12. The summed E-state index contributed by atoms with van der Waals surface area (Å²) in [5, 5.41) is 8.17. The van der Waals surface area contributed by atoms with Crippen LogP contribution < -0.4 is 4.90 Å². The summed E-state index contributed by atoms with van der Waals surface area (Å²) in [7, 11) is 0. The van der Waals surface area contributed by atoms with Crippen molar-refractivity contribution in [2.24, 2.45) is 0 Å². The number of thioether (sulfide) groups is 1. The van der Waals surface area contributed by atoms with Gasteiger partial charge in [-0.15, -0.1) is 0 Å². The normalized spacial score (nSPS) is 16.2. The van der Waals surface area contributed by atoms with Gasteiger partial charge in [-0.2, -0.15) is 0 Å². The monoisotopic (exact) mass is 360 g/mol. The number of imide groups is 1. The predicted molar refractivity (Wildman–Crippen MR) is 99.5 cm³/mol. The molecule has 0 radical (unpaired) electrons. The number of aliphatic carboxylic acids is 1. The molecule has 132 valence electrons. The number of hydrogen-bond donors (Lipinski definition) is 1. The lowest BCUT2D eigenvalue weighted by molar-refractivity contribution is -0.140. The Labute approximate surface area is 150 Å². The molecular formula is C18H20N2O4S.